The van der Waals surface area contributed by atoms with Gasteiger partial charge in [-0.3, -0.25) is 4.79 Å². The number of amides is 1. The number of ether oxygens (including phenoxy) is 1. The number of benzene rings is 1. The van der Waals surface area contributed by atoms with E-state index in [1.165, 1.54) is 6.07 Å². The van der Waals surface area contributed by atoms with Crippen molar-refractivity contribution in [3.8, 4) is 0 Å². The average Bonchev–Trinajstić information content (AvgIpc) is 2.48. The predicted octanol–water partition coefficient (Wildman–Crippen LogP) is 3.43. The molecule has 126 valence electrons. The van der Waals surface area contributed by atoms with Crippen molar-refractivity contribution in [2.75, 3.05) is 11.9 Å². The van der Waals surface area contributed by atoms with Crippen LogP contribution in [0.2, 0.25) is 5.15 Å². The number of hydrogen-bond donors (Lipinski definition) is 1. The number of halogens is 3. The second-order valence-electron chi connectivity index (χ2n) is 5.00. The molecule has 0 unspecified atom stereocenters. The molecule has 0 aliphatic heterocycles. The molecule has 2 aromatic rings. The summed E-state index contributed by atoms with van der Waals surface area (Å²) >= 11 is 5.92. The highest BCUT2D eigenvalue weighted by Crippen LogP contribution is 2.19. The summed E-state index contributed by atoms with van der Waals surface area (Å²) < 4.78 is 30.7. The number of esters is 1. The normalized spacial score (nSPS) is 10.4. The zero-order valence-corrected chi connectivity index (χ0v) is 13.6. The number of hydrogen-bond acceptors (Lipinski definition) is 4. The van der Waals surface area contributed by atoms with Crippen LogP contribution in [0, 0.1) is 25.5 Å². The van der Waals surface area contributed by atoms with E-state index in [2.05, 4.69) is 10.3 Å². The van der Waals surface area contributed by atoms with E-state index in [4.69, 9.17) is 16.3 Å². The first kappa shape index (κ1) is 17.8. The molecule has 1 aromatic heterocycles. The van der Waals surface area contributed by atoms with E-state index in [0.29, 0.717) is 11.3 Å². The van der Waals surface area contributed by atoms with Crippen LogP contribution in [0.3, 0.4) is 0 Å². The molecule has 0 spiro atoms. The minimum absolute atomic E-state index is 0.0153. The largest absolute Gasteiger partial charge is 0.452 e. The fourth-order valence-electron chi connectivity index (χ4n) is 2.01. The second-order valence-corrected chi connectivity index (χ2v) is 5.36. The van der Waals surface area contributed by atoms with Gasteiger partial charge in [-0.15, -0.1) is 0 Å². The van der Waals surface area contributed by atoms with Gasteiger partial charge in [-0.25, -0.2) is 18.6 Å². The van der Waals surface area contributed by atoms with Gasteiger partial charge in [0.25, 0.3) is 5.91 Å². The Morgan fingerprint density at radius 1 is 1.21 bits per heavy atom. The van der Waals surface area contributed by atoms with Gasteiger partial charge in [0, 0.05) is 17.4 Å². The number of nitrogens with zero attached hydrogens (tertiary/aromatic N) is 1. The highest BCUT2D eigenvalue weighted by molar-refractivity contribution is 6.32. The number of rotatable bonds is 4. The quantitative estimate of drug-likeness (QED) is 0.674. The van der Waals surface area contributed by atoms with E-state index in [0.717, 1.165) is 12.1 Å². The van der Waals surface area contributed by atoms with Crippen molar-refractivity contribution in [3.05, 3.63) is 57.9 Å². The fraction of sp³-hybridized carbons (Fsp3) is 0.188. The zero-order chi connectivity index (χ0) is 17.9. The lowest BCUT2D eigenvalue weighted by molar-refractivity contribution is -0.119. The Balaban J connectivity index is 1.99. The lowest BCUT2D eigenvalue weighted by Gasteiger charge is -2.10. The summed E-state index contributed by atoms with van der Waals surface area (Å²) in [6, 6.07) is 4.53. The van der Waals surface area contributed by atoms with Gasteiger partial charge in [0.1, 0.15) is 5.15 Å². The summed E-state index contributed by atoms with van der Waals surface area (Å²) in [5.41, 5.74) is 1.33. The summed E-state index contributed by atoms with van der Waals surface area (Å²) in [5.74, 6) is -3.64. The minimum Gasteiger partial charge on any atom is -0.452 e. The molecule has 1 amide bonds. The van der Waals surface area contributed by atoms with Gasteiger partial charge in [0.15, 0.2) is 18.2 Å². The maximum absolute atomic E-state index is 13.1. The van der Waals surface area contributed by atoms with Crippen LogP contribution in [0.25, 0.3) is 0 Å². The Bertz CT molecular complexity index is 789. The molecule has 5 nitrogen and oxygen atoms in total. The van der Waals surface area contributed by atoms with E-state index in [-0.39, 0.29) is 16.4 Å². The van der Waals surface area contributed by atoms with Gasteiger partial charge >= 0.3 is 5.97 Å². The van der Waals surface area contributed by atoms with Gasteiger partial charge in [-0.2, -0.15) is 0 Å². The Morgan fingerprint density at radius 3 is 2.54 bits per heavy atom. The number of aryl methyl sites for hydroxylation is 2. The van der Waals surface area contributed by atoms with E-state index in [9.17, 15) is 18.4 Å². The third-order valence-corrected chi connectivity index (χ3v) is 3.32. The van der Waals surface area contributed by atoms with Gasteiger partial charge in [0.05, 0.1) is 5.56 Å². The first-order valence-corrected chi connectivity index (χ1v) is 7.21. The van der Waals surface area contributed by atoms with Crippen molar-refractivity contribution in [1.29, 1.82) is 0 Å². The van der Waals surface area contributed by atoms with Crippen molar-refractivity contribution in [1.82, 2.24) is 4.98 Å². The summed E-state index contributed by atoms with van der Waals surface area (Å²) in [6.45, 7) is 2.78. The third kappa shape index (κ3) is 4.26. The standard InChI is InChI=1S/C16H13ClF2N2O3/c1-8-5-9(2)20-15(17)14(8)16(23)24-7-13(22)21-10-3-4-11(18)12(19)6-10/h3-6H,7H2,1-2H3,(H,21,22). The molecule has 0 aliphatic rings. The van der Waals surface area contributed by atoms with E-state index < -0.39 is 30.1 Å². The number of aromatic nitrogens is 1. The van der Waals surface area contributed by atoms with E-state index in [1.807, 2.05) is 0 Å². The van der Waals surface area contributed by atoms with Gasteiger partial charge in [-0.1, -0.05) is 11.6 Å². The number of nitrogens with one attached hydrogen (secondary N) is 1. The van der Waals surface area contributed by atoms with Crippen LogP contribution in [0.5, 0.6) is 0 Å². The molecule has 24 heavy (non-hydrogen) atoms. The summed E-state index contributed by atoms with van der Waals surface area (Å²) in [6.07, 6.45) is 0. The third-order valence-electron chi connectivity index (χ3n) is 3.04. The van der Waals surface area contributed by atoms with Crippen molar-refractivity contribution < 1.29 is 23.1 Å². The van der Waals surface area contributed by atoms with Gasteiger partial charge < -0.3 is 10.1 Å². The molecule has 1 aromatic carbocycles. The molecule has 0 radical (unpaired) electrons. The molecule has 0 fully saturated rings. The van der Waals surface area contributed by atoms with Crippen LogP contribution in [-0.4, -0.2) is 23.5 Å². The van der Waals surface area contributed by atoms with Crippen LogP contribution < -0.4 is 5.32 Å². The predicted molar refractivity (Wildman–Crippen MR) is 84.0 cm³/mol. The Hall–Kier alpha value is -2.54. The maximum Gasteiger partial charge on any atom is 0.342 e. The topological polar surface area (TPSA) is 68.3 Å². The van der Waals surface area contributed by atoms with Crippen LogP contribution in [0.15, 0.2) is 24.3 Å². The van der Waals surface area contributed by atoms with E-state index >= 15 is 0 Å². The fourth-order valence-corrected chi connectivity index (χ4v) is 2.37. The monoisotopic (exact) mass is 354 g/mol. The SMILES string of the molecule is Cc1cc(C)c(C(=O)OCC(=O)Nc2ccc(F)c(F)c2)c(Cl)n1. The molecule has 8 heteroatoms. The Kier molecular flexibility index (Phi) is 5.46. The zero-order valence-electron chi connectivity index (χ0n) is 12.8. The first-order chi connectivity index (χ1) is 11.3. The molecule has 1 N–H and O–H groups in total. The van der Waals surface area contributed by atoms with Gasteiger partial charge in [0.2, 0.25) is 0 Å². The number of anilines is 1. The van der Waals surface area contributed by atoms with E-state index in [1.54, 1.807) is 19.9 Å². The second kappa shape index (κ2) is 7.35. The van der Waals surface area contributed by atoms with Crippen LogP contribution >= 0.6 is 11.6 Å². The van der Waals surface area contributed by atoms with Crippen molar-refractivity contribution in [3.63, 3.8) is 0 Å². The summed E-state index contributed by atoms with van der Waals surface area (Å²) in [4.78, 5) is 27.7. The molecule has 1 heterocycles. The smallest absolute Gasteiger partial charge is 0.342 e. The number of pyridine rings is 1. The molecule has 0 saturated heterocycles. The van der Waals surface area contributed by atoms with Crippen molar-refractivity contribution in [2.24, 2.45) is 0 Å². The molecule has 0 bridgehead atoms. The van der Waals surface area contributed by atoms with Crippen molar-refractivity contribution in [2.45, 2.75) is 13.8 Å². The number of carbonyl (C=O) groups is 2. The molecule has 0 saturated carbocycles. The molecule has 2 rings (SSSR count). The van der Waals surface area contributed by atoms with Crippen molar-refractivity contribution >= 4 is 29.2 Å². The first-order valence-electron chi connectivity index (χ1n) is 6.83. The average molecular weight is 355 g/mol. The molecular formula is C16H13ClF2N2O3. The summed E-state index contributed by atoms with van der Waals surface area (Å²) in [5, 5.41) is 2.27. The molecule has 0 aliphatic carbocycles. The lowest BCUT2D eigenvalue weighted by Crippen LogP contribution is -2.21. The van der Waals surface area contributed by atoms with Crippen LogP contribution in [0.1, 0.15) is 21.6 Å². The molecule has 0 atom stereocenters. The maximum atomic E-state index is 13.1. The van der Waals surface area contributed by atoms with Crippen LogP contribution in [-0.2, 0) is 9.53 Å². The lowest BCUT2D eigenvalue weighted by atomic mass is 10.1. The Morgan fingerprint density at radius 2 is 1.92 bits per heavy atom. The highest BCUT2D eigenvalue weighted by Gasteiger charge is 2.18. The van der Waals surface area contributed by atoms with Crippen LogP contribution in [0.4, 0.5) is 14.5 Å². The highest BCUT2D eigenvalue weighted by atomic mass is 35.5. The minimum atomic E-state index is -1.10. The summed E-state index contributed by atoms with van der Waals surface area (Å²) in [7, 11) is 0. The molecular weight excluding hydrogens is 342 g/mol. The van der Waals surface area contributed by atoms with Gasteiger partial charge in [-0.05, 0) is 37.6 Å². The Labute approximate surface area is 141 Å². The number of carbonyl (C=O) groups excluding carboxylic acids is 2.